The quantitative estimate of drug-likeness (QED) is 0.566. The highest BCUT2D eigenvalue weighted by Crippen LogP contribution is 2.24. The Morgan fingerprint density at radius 3 is 2.60 bits per heavy atom. The maximum atomic E-state index is 11.7. The van der Waals surface area contributed by atoms with E-state index in [9.17, 15) is 4.79 Å². The van der Waals surface area contributed by atoms with E-state index in [0.29, 0.717) is 0 Å². The van der Waals surface area contributed by atoms with Crippen LogP contribution in [0.25, 0.3) is 28.1 Å². The summed E-state index contributed by atoms with van der Waals surface area (Å²) in [5.74, 6) is 0.823. The summed E-state index contributed by atoms with van der Waals surface area (Å²) in [4.78, 5) is 25.3. The number of imidazole rings is 1. The van der Waals surface area contributed by atoms with Crippen molar-refractivity contribution in [3.63, 3.8) is 0 Å². The van der Waals surface area contributed by atoms with Gasteiger partial charge < -0.3 is 4.57 Å². The first-order chi connectivity index (χ1) is 12.0. The topological polar surface area (TPSA) is 65.6 Å². The highest BCUT2D eigenvalue weighted by molar-refractivity contribution is 5.78. The maximum Gasteiger partial charge on any atom is 0.250 e. The van der Waals surface area contributed by atoms with E-state index < -0.39 is 0 Å². The Morgan fingerprint density at radius 1 is 1.00 bits per heavy atom. The summed E-state index contributed by atoms with van der Waals surface area (Å²) in [5.41, 5.74) is 5.22. The zero-order valence-electron chi connectivity index (χ0n) is 14.3. The van der Waals surface area contributed by atoms with Crippen LogP contribution in [0.2, 0.25) is 0 Å². The number of hydrogen-bond donors (Lipinski definition) is 0. The van der Waals surface area contributed by atoms with Crippen LogP contribution in [-0.4, -0.2) is 24.1 Å². The lowest BCUT2D eigenvalue weighted by atomic mass is 10.1. The predicted octanol–water partition coefficient (Wildman–Crippen LogP) is 2.80. The van der Waals surface area contributed by atoms with Gasteiger partial charge in [-0.2, -0.15) is 0 Å². The van der Waals surface area contributed by atoms with Crippen LogP contribution in [-0.2, 0) is 7.05 Å². The summed E-state index contributed by atoms with van der Waals surface area (Å²) in [6.45, 7) is 3.89. The van der Waals surface area contributed by atoms with Gasteiger partial charge in [0.2, 0.25) is 5.56 Å². The van der Waals surface area contributed by atoms with Gasteiger partial charge >= 0.3 is 0 Å². The second kappa shape index (κ2) is 5.66. The van der Waals surface area contributed by atoms with Gasteiger partial charge in [-0.3, -0.25) is 14.3 Å². The second-order valence-corrected chi connectivity index (χ2v) is 6.06. The number of pyridine rings is 3. The molecule has 6 heteroatoms. The molecule has 0 spiro atoms. The summed E-state index contributed by atoms with van der Waals surface area (Å²) in [7, 11) is 1.74. The molecular formula is C19H17N5O. The largest absolute Gasteiger partial charge is 0.316 e. The lowest BCUT2D eigenvalue weighted by molar-refractivity contribution is 0.840. The summed E-state index contributed by atoms with van der Waals surface area (Å²) in [6.07, 6.45) is 3.58. The molecule has 0 aromatic carbocycles. The summed E-state index contributed by atoms with van der Waals surface area (Å²) < 4.78 is 3.52. The van der Waals surface area contributed by atoms with Crippen molar-refractivity contribution >= 4 is 11.2 Å². The van der Waals surface area contributed by atoms with Gasteiger partial charge in [0, 0.05) is 36.8 Å². The highest BCUT2D eigenvalue weighted by atomic mass is 16.1. The fourth-order valence-electron chi connectivity index (χ4n) is 2.96. The average Bonchev–Trinajstić information content (AvgIpc) is 2.92. The van der Waals surface area contributed by atoms with Crippen LogP contribution in [0.15, 0.2) is 53.6 Å². The van der Waals surface area contributed by atoms with Gasteiger partial charge in [-0.25, -0.2) is 9.97 Å². The van der Waals surface area contributed by atoms with Crippen LogP contribution < -0.4 is 5.56 Å². The minimum absolute atomic E-state index is 0.0493. The van der Waals surface area contributed by atoms with E-state index in [2.05, 4.69) is 9.97 Å². The van der Waals surface area contributed by atoms with Gasteiger partial charge in [-0.05, 0) is 44.2 Å². The standard InChI is InChI=1S/C19H17N5O/c1-12-10-14(8-9-20-12)16-5-6-17-19(22-16)24(13(2)21-17)15-4-7-18(25)23(3)11-15/h4-11H,1-3H3. The van der Waals surface area contributed by atoms with Crippen molar-refractivity contribution in [3.05, 3.63) is 70.7 Å². The second-order valence-electron chi connectivity index (χ2n) is 6.06. The molecule has 4 aromatic rings. The molecule has 0 unspecified atom stereocenters. The van der Waals surface area contributed by atoms with E-state index >= 15 is 0 Å². The van der Waals surface area contributed by atoms with Gasteiger partial charge in [-0.1, -0.05) is 0 Å². The molecule has 124 valence electrons. The molecule has 6 nitrogen and oxygen atoms in total. The first kappa shape index (κ1) is 15.3. The van der Waals surface area contributed by atoms with Crippen LogP contribution in [0, 0.1) is 13.8 Å². The average molecular weight is 331 g/mol. The Morgan fingerprint density at radius 2 is 1.84 bits per heavy atom. The van der Waals surface area contributed by atoms with Crippen molar-refractivity contribution in [1.29, 1.82) is 0 Å². The molecule has 0 N–H and O–H groups in total. The Hall–Kier alpha value is -3.28. The van der Waals surface area contributed by atoms with Crippen molar-refractivity contribution in [2.75, 3.05) is 0 Å². The normalized spacial score (nSPS) is 11.2. The van der Waals surface area contributed by atoms with E-state index in [1.54, 1.807) is 36.1 Å². The number of aryl methyl sites for hydroxylation is 3. The number of rotatable bonds is 2. The van der Waals surface area contributed by atoms with Gasteiger partial charge in [0.15, 0.2) is 5.65 Å². The Kier molecular flexibility index (Phi) is 3.46. The monoisotopic (exact) mass is 331 g/mol. The van der Waals surface area contributed by atoms with Crippen molar-refractivity contribution in [2.24, 2.45) is 7.05 Å². The van der Waals surface area contributed by atoms with Crippen LogP contribution in [0.5, 0.6) is 0 Å². The van der Waals surface area contributed by atoms with Gasteiger partial charge in [0.1, 0.15) is 11.3 Å². The molecule has 0 atom stereocenters. The predicted molar refractivity (Wildman–Crippen MR) is 96.8 cm³/mol. The zero-order chi connectivity index (χ0) is 17.6. The van der Waals surface area contributed by atoms with Gasteiger partial charge in [0.25, 0.3) is 0 Å². The molecular weight excluding hydrogens is 314 g/mol. The molecule has 0 aliphatic rings. The summed E-state index contributed by atoms with van der Waals surface area (Å²) in [5, 5.41) is 0. The molecule has 0 aliphatic heterocycles. The molecule has 4 rings (SSSR count). The molecule has 0 aliphatic carbocycles. The summed E-state index contributed by atoms with van der Waals surface area (Å²) in [6, 6.07) is 11.2. The van der Waals surface area contributed by atoms with Crippen molar-refractivity contribution in [2.45, 2.75) is 13.8 Å². The fourth-order valence-corrected chi connectivity index (χ4v) is 2.96. The van der Waals surface area contributed by atoms with Crippen molar-refractivity contribution < 1.29 is 0 Å². The molecule has 0 saturated heterocycles. The molecule has 0 amide bonds. The van der Waals surface area contributed by atoms with Crippen molar-refractivity contribution in [1.82, 2.24) is 24.1 Å². The molecule has 0 bridgehead atoms. The Labute approximate surface area is 144 Å². The molecule has 4 heterocycles. The third-order valence-electron chi connectivity index (χ3n) is 4.19. The van der Waals surface area contributed by atoms with Crippen LogP contribution in [0.1, 0.15) is 11.5 Å². The van der Waals surface area contributed by atoms with E-state index in [-0.39, 0.29) is 5.56 Å². The molecule has 25 heavy (non-hydrogen) atoms. The minimum atomic E-state index is -0.0493. The third-order valence-corrected chi connectivity index (χ3v) is 4.19. The smallest absolute Gasteiger partial charge is 0.250 e. The number of aromatic nitrogens is 5. The van der Waals surface area contributed by atoms with Crippen molar-refractivity contribution in [3.8, 4) is 16.9 Å². The first-order valence-electron chi connectivity index (χ1n) is 7.99. The Bertz CT molecular complexity index is 1160. The Balaban J connectivity index is 1.95. The minimum Gasteiger partial charge on any atom is -0.316 e. The molecule has 0 saturated carbocycles. The number of nitrogens with zero attached hydrogens (tertiary/aromatic N) is 5. The summed E-state index contributed by atoms with van der Waals surface area (Å²) >= 11 is 0. The lowest BCUT2D eigenvalue weighted by Gasteiger charge is -2.08. The van der Waals surface area contributed by atoms with Crippen LogP contribution >= 0.6 is 0 Å². The number of fused-ring (bicyclic) bond motifs is 1. The molecule has 0 radical (unpaired) electrons. The third kappa shape index (κ3) is 2.61. The van der Waals surface area contributed by atoms with Gasteiger partial charge in [-0.15, -0.1) is 0 Å². The highest BCUT2D eigenvalue weighted by Gasteiger charge is 2.13. The lowest BCUT2D eigenvalue weighted by Crippen LogP contribution is -2.15. The fraction of sp³-hybridized carbons (Fsp3) is 0.158. The van der Waals surface area contributed by atoms with E-state index in [1.165, 1.54) is 0 Å². The first-order valence-corrected chi connectivity index (χ1v) is 7.99. The van der Waals surface area contributed by atoms with Gasteiger partial charge in [0.05, 0.1) is 11.4 Å². The molecule has 4 aromatic heterocycles. The van der Waals surface area contributed by atoms with Crippen LogP contribution in [0.3, 0.4) is 0 Å². The number of hydrogen-bond acceptors (Lipinski definition) is 4. The molecule has 0 fully saturated rings. The van der Waals surface area contributed by atoms with E-state index in [0.717, 1.165) is 39.6 Å². The maximum absolute atomic E-state index is 11.7. The zero-order valence-corrected chi connectivity index (χ0v) is 14.3. The van der Waals surface area contributed by atoms with Crippen LogP contribution in [0.4, 0.5) is 0 Å². The van der Waals surface area contributed by atoms with E-state index in [4.69, 9.17) is 4.98 Å². The van der Waals surface area contributed by atoms with E-state index in [1.807, 2.05) is 42.7 Å². The SMILES string of the molecule is Cc1cc(-c2ccc3nc(C)n(-c4ccc(=O)n(C)c4)c3n2)ccn1.